The van der Waals surface area contributed by atoms with Crippen molar-refractivity contribution in [1.29, 1.82) is 0 Å². The summed E-state index contributed by atoms with van der Waals surface area (Å²) in [5.74, 6) is 1.55. The van der Waals surface area contributed by atoms with E-state index in [9.17, 15) is 0 Å². The number of nitrogens with zero attached hydrogens (tertiary/aromatic N) is 2. The quantitative estimate of drug-likeness (QED) is 0.200. The number of hydrogen-bond acceptors (Lipinski definition) is 3. The summed E-state index contributed by atoms with van der Waals surface area (Å²) in [7, 11) is 0. The molecule has 0 aliphatic carbocycles. The van der Waals surface area contributed by atoms with E-state index >= 15 is 0 Å². The molecule has 6 aromatic carbocycles. The summed E-state index contributed by atoms with van der Waals surface area (Å²) in [6.07, 6.45) is 0. The summed E-state index contributed by atoms with van der Waals surface area (Å²) in [5, 5.41) is 4.37. The Hall–Kier alpha value is -5.99. The van der Waals surface area contributed by atoms with Crippen molar-refractivity contribution < 1.29 is 13.9 Å². The van der Waals surface area contributed by atoms with E-state index in [1.807, 2.05) is 60.7 Å². The number of rotatable bonds is 2. The third kappa shape index (κ3) is 3.57. The fraction of sp³-hybridized carbons (Fsp3) is 0.0263. The van der Waals surface area contributed by atoms with Crippen molar-refractivity contribution in [3.63, 3.8) is 0 Å². The van der Waals surface area contributed by atoms with Gasteiger partial charge < -0.3 is 18.5 Å². The highest BCUT2D eigenvalue weighted by molar-refractivity contribution is 6.10. The second kappa shape index (κ2) is 9.01. The average Bonchev–Trinajstić information content (AvgIpc) is 3.53. The summed E-state index contributed by atoms with van der Waals surface area (Å²) in [6.45, 7) is 7.67. The number of ether oxygens (including phenoxy) is 2. The Morgan fingerprint density at radius 1 is 0.558 bits per heavy atom. The molecule has 0 amide bonds. The van der Waals surface area contributed by atoms with Crippen molar-refractivity contribution in [1.82, 2.24) is 4.57 Å². The molecule has 0 fully saturated rings. The first-order valence-electron chi connectivity index (χ1n) is 14.1. The maximum Gasteiger partial charge on any atom is 0.230 e. The molecule has 0 atom stereocenters. The van der Waals surface area contributed by atoms with E-state index in [2.05, 4.69) is 70.1 Å². The van der Waals surface area contributed by atoms with Gasteiger partial charge >= 0.3 is 0 Å². The molecule has 3 heterocycles. The van der Waals surface area contributed by atoms with Gasteiger partial charge in [0.1, 0.15) is 22.7 Å². The molecule has 1 aliphatic rings. The van der Waals surface area contributed by atoms with Crippen LogP contribution in [0.25, 0.3) is 76.5 Å². The summed E-state index contributed by atoms with van der Waals surface area (Å²) in [5.41, 5.74) is 9.65. The molecule has 5 nitrogen and oxygen atoms in total. The zero-order valence-corrected chi connectivity index (χ0v) is 22.9. The van der Waals surface area contributed by atoms with E-state index in [4.69, 9.17) is 20.5 Å². The first-order chi connectivity index (χ1) is 21.2. The predicted molar refractivity (Wildman–Crippen MR) is 171 cm³/mol. The van der Waals surface area contributed by atoms with Crippen molar-refractivity contribution in [3.05, 3.63) is 133 Å². The maximum atomic E-state index is 7.53. The van der Waals surface area contributed by atoms with Crippen LogP contribution in [-0.2, 0) is 0 Å². The molecule has 43 heavy (non-hydrogen) atoms. The van der Waals surface area contributed by atoms with Crippen LogP contribution in [0.3, 0.4) is 0 Å². The van der Waals surface area contributed by atoms with Crippen LogP contribution in [0.4, 0.5) is 5.69 Å². The maximum absolute atomic E-state index is 7.53. The molecule has 0 N–H and O–H groups in total. The summed E-state index contributed by atoms with van der Waals surface area (Å²) >= 11 is 0. The topological polar surface area (TPSA) is 40.9 Å². The third-order valence-electron chi connectivity index (χ3n) is 8.42. The Kier molecular flexibility index (Phi) is 4.96. The fourth-order valence-corrected chi connectivity index (χ4v) is 6.41. The van der Waals surface area contributed by atoms with Gasteiger partial charge in [0, 0.05) is 33.0 Å². The number of aromatic nitrogens is 1. The van der Waals surface area contributed by atoms with Gasteiger partial charge in [-0.25, -0.2) is 4.85 Å². The lowest BCUT2D eigenvalue weighted by Crippen LogP contribution is -2.03. The minimum absolute atomic E-state index is 0.139. The molecule has 0 spiro atoms. The highest BCUT2D eigenvalue weighted by atomic mass is 16.7. The van der Waals surface area contributed by atoms with Crippen LogP contribution in [0, 0.1) is 6.57 Å². The van der Waals surface area contributed by atoms with Crippen LogP contribution >= 0.6 is 0 Å². The molecule has 0 saturated carbocycles. The van der Waals surface area contributed by atoms with Crippen LogP contribution in [0.1, 0.15) is 0 Å². The first-order valence-corrected chi connectivity index (χ1v) is 14.1. The van der Waals surface area contributed by atoms with Crippen molar-refractivity contribution in [2.24, 2.45) is 0 Å². The fourth-order valence-electron chi connectivity index (χ4n) is 6.41. The Morgan fingerprint density at radius 3 is 2.14 bits per heavy atom. The Balaban J connectivity index is 1.23. The first kappa shape index (κ1) is 23.7. The molecule has 5 heteroatoms. The number of hydrogen-bond donors (Lipinski definition) is 0. The molecule has 8 aromatic rings. The van der Waals surface area contributed by atoms with Crippen molar-refractivity contribution in [3.8, 4) is 39.4 Å². The standard InChI is InChI=1S/C38H22N2O3/c1-39-25-12-14-34-29(20-25)27-6-2-4-8-33(27)40(34)26-13-17-36-32(21-26)31-19-23(10-15-35(31)41-22-42-36)24-11-16-38-30(18-24)28-7-3-5-9-37(28)43-38/h2-21H,22H2. The van der Waals surface area contributed by atoms with Gasteiger partial charge in [0.15, 0.2) is 5.69 Å². The van der Waals surface area contributed by atoms with E-state index in [-0.39, 0.29) is 6.79 Å². The van der Waals surface area contributed by atoms with Crippen molar-refractivity contribution >= 4 is 49.4 Å². The summed E-state index contributed by atoms with van der Waals surface area (Å²) in [4.78, 5) is 3.67. The van der Waals surface area contributed by atoms with Crippen molar-refractivity contribution in [2.45, 2.75) is 0 Å². The molecular formula is C38H22N2O3. The molecule has 202 valence electrons. The Bertz CT molecular complexity index is 2460. The van der Waals surface area contributed by atoms with Crippen LogP contribution in [0.5, 0.6) is 11.5 Å². The molecule has 9 rings (SSSR count). The molecular weight excluding hydrogens is 532 g/mol. The normalized spacial score (nSPS) is 12.4. The molecule has 0 bridgehead atoms. The van der Waals surface area contributed by atoms with Crippen LogP contribution in [-0.4, -0.2) is 11.4 Å². The summed E-state index contributed by atoms with van der Waals surface area (Å²) < 4.78 is 20.5. The Morgan fingerprint density at radius 2 is 1.26 bits per heavy atom. The van der Waals surface area contributed by atoms with E-state index in [0.717, 1.165) is 83.2 Å². The lowest BCUT2D eigenvalue weighted by molar-refractivity contribution is 0.125. The largest absolute Gasteiger partial charge is 0.457 e. The smallest absolute Gasteiger partial charge is 0.230 e. The lowest BCUT2D eigenvalue weighted by Gasteiger charge is -2.14. The zero-order valence-electron chi connectivity index (χ0n) is 22.9. The van der Waals surface area contributed by atoms with Gasteiger partial charge in [-0.05, 0) is 83.2 Å². The van der Waals surface area contributed by atoms with E-state index < -0.39 is 0 Å². The van der Waals surface area contributed by atoms with Crippen molar-refractivity contribution in [2.75, 3.05) is 6.79 Å². The third-order valence-corrected chi connectivity index (χ3v) is 8.42. The Labute approximate surface area is 246 Å². The zero-order chi connectivity index (χ0) is 28.5. The van der Waals surface area contributed by atoms with E-state index in [0.29, 0.717) is 5.69 Å². The number of benzene rings is 6. The monoisotopic (exact) mass is 554 g/mol. The molecule has 0 unspecified atom stereocenters. The second-order valence-corrected chi connectivity index (χ2v) is 10.8. The molecule has 1 aliphatic heterocycles. The van der Waals surface area contributed by atoms with Crippen LogP contribution in [0.15, 0.2) is 126 Å². The second-order valence-electron chi connectivity index (χ2n) is 10.8. The highest BCUT2D eigenvalue weighted by Crippen LogP contribution is 2.44. The average molecular weight is 555 g/mol. The van der Waals surface area contributed by atoms with Gasteiger partial charge in [0.2, 0.25) is 6.79 Å². The number of fused-ring (bicyclic) bond motifs is 9. The molecule has 0 radical (unpaired) electrons. The minimum Gasteiger partial charge on any atom is -0.457 e. The van der Waals surface area contributed by atoms with Gasteiger partial charge in [-0.15, -0.1) is 0 Å². The van der Waals surface area contributed by atoms with Crippen LogP contribution < -0.4 is 9.47 Å². The van der Waals surface area contributed by atoms with Gasteiger partial charge in [0.25, 0.3) is 0 Å². The predicted octanol–water partition coefficient (Wildman–Crippen LogP) is 10.3. The minimum atomic E-state index is 0.139. The van der Waals surface area contributed by atoms with E-state index in [1.165, 1.54) is 0 Å². The SMILES string of the molecule is [C-]#[N+]c1ccc2c(c1)c1ccccc1n2-c1ccc2c(c1)-c1cc(-c3ccc4oc5ccccc5c4c3)ccc1OCO2. The van der Waals surface area contributed by atoms with Gasteiger partial charge in [-0.3, -0.25) is 0 Å². The highest BCUT2D eigenvalue weighted by Gasteiger charge is 2.20. The number of para-hydroxylation sites is 2. The molecule has 2 aromatic heterocycles. The van der Waals surface area contributed by atoms with Gasteiger partial charge in [-0.1, -0.05) is 54.6 Å². The number of furan rings is 1. The van der Waals surface area contributed by atoms with Crippen LogP contribution in [0.2, 0.25) is 0 Å². The lowest BCUT2D eigenvalue weighted by atomic mass is 9.96. The van der Waals surface area contributed by atoms with Gasteiger partial charge in [0.05, 0.1) is 17.6 Å². The summed E-state index contributed by atoms with van der Waals surface area (Å²) in [6, 6.07) is 41.3. The molecule has 0 saturated heterocycles. The van der Waals surface area contributed by atoms with Gasteiger partial charge in [-0.2, -0.15) is 0 Å². The van der Waals surface area contributed by atoms with E-state index in [1.54, 1.807) is 0 Å².